The van der Waals surface area contributed by atoms with Gasteiger partial charge in [-0.25, -0.2) is 0 Å². The van der Waals surface area contributed by atoms with E-state index in [2.05, 4.69) is 0 Å². The minimum Gasteiger partial charge on any atom is -0.490 e. The second kappa shape index (κ2) is 6.37. The minimum atomic E-state index is -0.423. The van der Waals surface area contributed by atoms with Crippen molar-refractivity contribution in [3.05, 3.63) is 29.8 Å². The molecule has 1 heterocycles. The zero-order valence-electron chi connectivity index (χ0n) is 12.9. The van der Waals surface area contributed by atoms with E-state index in [9.17, 15) is 5.11 Å². The summed E-state index contributed by atoms with van der Waals surface area (Å²) in [5.41, 5.74) is 1.01. The number of hydrogen-bond acceptors (Lipinski definition) is 3. The van der Waals surface area contributed by atoms with Gasteiger partial charge in [-0.3, -0.25) is 0 Å². The summed E-state index contributed by atoms with van der Waals surface area (Å²) in [6.45, 7) is 2.59. The Morgan fingerprint density at radius 2 is 1.90 bits per heavy atom. The van der Waals surface area contributed by atoms with E-state index in [-0.39, 0.29) is 11.7 Å². The van der Waals surface area contributed by atoms with Gasteiger partial charge in [-0.1, -0.05) is 31.4 Å². The maximum absolute atomic E-state index is 9.54. The molecule has 1 saturated heterocycles. The molecule has 1 aliphatic carbocycles. The van der Waals surface area contributed by atoms with Crippen molar-refractivity contribution in [3.63, 3.8) is 0 Å². The van der Waals surface area contributed by atoms with Crippen LogP contribution >= 0.6 is 0 Å². The van der Waals surface area contributed by atoms with Crippen LogP contribution in [0.1, 0.15) is 63.5 Å². The summed E-state index contributed by atoms with van der Waals surface area (Å²) < 4.78 is 12.3. The van der Waals surface area contributed by atoms with Crippen LogP contribution in [0.2, 0.25) is 0 Å². The molecule has 2 fully saturated rings. The summed E-state index contributed by atoms with van der Waals surface area (Å²) in [4.78, 5) is 0. The van der Waals surface area contributed by atoms with Crippen LogP contribution in [-0.4, -0.2) is 23.4 Å². The van der Waals surface area contributed by atoms with Gasteiger partial charge in [0, 0.05) is 12.8 Å². The highest BCUT2D eigenvalue weighted by Crippen LogP contribution is 2.39. The van der Waals surface area contributed by atoms with Crippen LogP contribution in [0.25, 0.3) is 0 Å². The highest BCUT2D eigenvalue weighted by atomic mass is 16.5. The molecule has 1 aromatic carbocycles. The summed E-state index contributed by atoms with van der Waals surface area (Å²) >= 11 is 0. The van der Waals surface area contributed by atoms with Gasteiger partial charge in [-0.2, -0.15) is 0 Å². The SMILES string of the molecule is C[C@H](O)c1ccc(OC2CCOC3(CCCCC3)C2)cc1. The zero-order chi connectivity index (χ0) is 14.7. The van der Waals surface area contributed by atoms with E-state index >= 15 is 0 Å². The summed E-state index contributed by atoms with van der Waals surface area (Å²) in [5.74, 6) is 0.900. The molecule has 0 radical (unpaired) electrons. The molecule has 3 heteroatoms. The maximum atomic E-state index is 9.54. The second-order valence-corrected chi connectivity index (χ2v) is 6.57. The van der Waals surface area contributed by atoms with Crippen LogP contribution in [0.3, 0.4) is 0 Å². The first-order valence-corrected chi connectivity index (χ1v) is 8.26. The van der Waals surface area contributed by atoms with Gasteiger partial charge in [-0.05, 0) is 37.5 Å². The number of aliphatic hydroxyl groups excluding tert-OH is 1. The van der Waals surface area contributed by atoms with E-state index in [0.29, 0.717) is 0 Å². The first kappa shape index (κ1) is 14.9. The fraction of sp³-hybridized carbons (Fsp3) is 0.667. The number of ether oxygens (including phenoxy) is 2. The Bertz CT molecular complexity index is 441. The van der Waals surface area contributed by atoms with E-state index in [0.717, 1.165) is 30.8 Å². The standard InChI is InChI=1S/C18H26O3/c1-14(19)15-5-7-16(8-6-15)21-17-9-12-20-18(13-17)10-3-2-4-11-18/h5-8,14,17,19H,2-4,9-13H2,1H3/t14-,17?/m0/s1. The van der Waals surface area contributed by atoms with E-state index < -0.39 is 6.10 Å². The van der Waals surface area contributed by atoms with Crippen LogP contribution in [0, 0.1) is 0 Å². The predicted octanol–water partition coefficient (Wildman–Crippen LogP) is 4.00. The van der Waals surface area contributed by atoms with E-state index in [1.54, 1.807) is 6.92 Å². The van der Waals surface area contributed by atoms with Gasteiger partial charge in [0.1, 0.15) is 11.9 Å². The van der Waals surface area contributed by atoms with Crippen molar-refractivity contribution in [2.75, 3.05) is 6.61 Å². The van der Waals surface area contributed by atoms with Crippen LogP contribution in [0.4, 0.5) is 0 Å². The van der Waals surface area contributed by atoms with Gasteiger partial charge in [0.2, 0.25) is 0 Å². The van der Waals surface area contributed by atoms with Crippen molar-refractivity contribution >= 4 is 0 Å². The Labute approximate surface area is 127 Å². The van der Waals surface area contributed by atoms with Crippen molar-refractivity contribution in [2.45, 2.75) is 69.7 Å². The molecule has 1 aromatic rings. The van der Waals surface area contributed by atoms with Crippen molar-refractivity contribution in [2.24, 2.45) is 0 Å². The largest absolute Gasteiger partial charge is 0.490 e. The van der Waals surface area contributed by atoms with Crippen molar-refractivity contribution < 1.29 is 14.6 Å². The molecule has 3 rings (SSSR count). The quantitative estimate of drug-likeness (QED) is 0.914. The van der Waals surface area contributed by atoms with Gasteiger partial charge in [0.25, 0.3) is 0 Å². The first-order valence-electron chi connectivity index (χ1n) is 8.26. The number of hydrogen-bond donors (Lipinski definition) is 1. The molecule has 1 saturated carbocycles. The van der Waals surface area contributed by atoms with Gasteiger partial charge < -0.3 is 14.6 Å². The fourth-order valence-electron chi connectivity index (χ4n) is 3.65. The van der Waals surface area contributed by atoms with Crippen LogP contribution in [0.5, 0.6) is 5.75 Å². The highest BCUT2D eigenvalue weighted by Gasteiger charge is 2.39. The molecule has 1 N–H and O–H groups in total. The molecule has 1 aliphatic heterocycles. The Hall–Kier alpha value is -1.06. The third-order valence-corrected chi connectivity index (χ3v) is 4.88. The fourth-order valence-corrected chi connectivity index (χ4v) is 3.65. The second-order valence-electron chi connectivity index (χ2n) is 6.57. The van der Waals surface area contributed by atoms with Crippen LogP contribution in [-0.2, 0) is 4.74 Å². The molecule has 2 aliphatic rings. The van der Waals surface area contributed by atoms with Crippen molar-refractivity contribution in [1.29, 1.82) is 0 Å². The van der Waals surface area contributed by atoms with Gasteiger partial charge in [0.05, 0.1) is 18.3 Å². The number of aliphatic hydroxyl groups is 1. The molecular weight excluding hydrogens is 264 g/mol. The average molecular weight is 290 g/mol. The number of rotatable bonds is 3. The lowest BCUT2D eigenvalue weighted by atomic mass is 9.79. The zero-order valence-corrected chi connectivity index (χ0v) is 12.9. The van der Waals surface area contributed by atoms with E-state index in [4.69, 9.17) is 9.47 Å². The monoisotopic (exact) mass is 290 g/mol. The Morgan fingerprint density at radius 1 is 1.19 bits per heavy atom. The minimum absolute atomic E-state index is 0.0840. The molecule has 0 amide bonds. The molecule has 1 spiro atoms. The van der Waals surface area contributed by atoms with E-state index in [1.165, 1.54) is 32.1 Å². The van der Waals surface area contributed by atoms with Crippen LogP contribution in [0.15, 0.2) is 24.3 Å². The first-order chi connectivity index (χ1) is 10.2. The summed E-state index contributed by atoms with van der Waals surface area (Å²) in [7, 11) is 0. The third-order valence-electron chi connectivity index (χ3n) is 4.88. The summed E-state index contributed by atoms with van der Waals surface area (Å²) in [5, 5.41) is 9.54. The lowest BCUT2D eigenvalue weighted by molar-refractivity contribution is -0.129. The molecule has 21 heavy (non-hydrogen) atoms. The number of benzene rings is 1. The molecular formula is C18H26O3. The Morgan fingerprint density at radius 3 is 2.57 bits per heavy atom. The average Bonchev–Trinajstić information content (AvgIpc) is 2.49. The molecule has 0 aromatic heterocycles. The summed E-state index contributed by atoms with van der Waals surface area (Å²) in [6, 6.07) is 7.81. The summed E-state index contributed by atoms with van der Waals surface area (Å²) in [6.07, 6.45) is 8.12. The van der Waals surface area contributed by atoms with E-state index in [1.807, 2.05) is 24.3 Å². The molecule has 0 bridgehead atoms. The molecule has 3 nitrogen and oxygen atoms in total. The molecule has 2 atom stereocenters. The smallest absolute Gasteiger partial charge is 0.119 e. The van der Waals surface area contributed by atoms with Crippen LogP contribution < -0.4 is 4.74 Å². The van der Waals surface area contributed by atoms with Gasteiger partial charge in [-0.15, -0.1) is 0 Å². The lowest BCUT2D eigenvalue weighted by Crippen LogP contribution is -2.45. The predicted molar refractivity (Wildman–Crippen MR) is 82.5 cm³/mol. The maximum Gasteiger partial charge on any atom is 0.119 e. The third kappa shape index (κ3) is 3.58. The van der Waals surface area contributed by atoms with Gasteiger partial charge in [0.15, 0.2) is 0 Å². The van der Waals surface area contributed by atoms with Gasteiger partial charge >= 0.3 is 0 Å². The normalized spacial score (nSPS) is 26.5. The highest BCUT2D eigenvalue weighted by molar-refractivity contribution is 5.28. The Kier molecular flexibility index (Phi) is 4.51. The molecule has 116 valence electrons. The van der Waals surface area contributed by atoms with Crippen molar-refractivity contribution in [1.82, 2.24) is 0 Å². The Balaban J connectivity index is 1.61. The topological polar surface area (TPSA) is 38.7 Å². The lowest BCUT2D eigenvalue weighted by Gasteiger charge is -2.43. The molecule has 1 unspecified atom stereocenters. The van der Waals surface area contributed by atoms with Crippen molar-refractivity contribution in [3.8, 4) is 5.75 Å².